The Balaban J connectivity index is 2.29. The van der Waals surface area contributed by atoms with Crippen LogP contribution in [0.5, 0.6) is 5.75 Å². The highest BCUT2D eigenvalue weighted by Crippen LogP contribution is 2.34. The fourth-order valence-electron chi connectivity index (χ4n) is 1.85. The van der Waals surface area contributed by atoms with Gasteiger partial charge < -0.3 is 9.84 Å². The van der Waals surface area contributed by atoms with Crippen LogP contribution < -0.4 is 0 Å². The summed E-state index contributed by atoms with van der Waals surface area (Å²) in [6.45, 7) is 1.43. The first-order valence-corrected chi connectivity index (χ1v) is 7.79. The van der Waals surface area contributed by atoms with Crippen LogP contribution in [0, 0.1) is 0 Å². The minimum atomic E-state index is -0.977. The lowest BCUT2D eigenvalue weighted by Crippen LogP contribution is -2.42. The molecule has 0 unspecified atom stereocenters. The predicted octanol–water partition coefficient (Wildman–Crippen LogP) is 2.75. The summed E-state index contributed by atoms with van der Waals surface area (Å²) in [6.07, 6.45) is 1.53. The fraction of sp³-hybridized carbons (Fsp3) is 0.214. The zero-order valence-corrected chi connectivity index (χ0v) is 14.1. The van der Waals surface area contributed by atoms with Crippen LogP contribution in [0.25, 0.3) is 6.08 Å². The Morgan fingerprint density at radius 2 is 2.14 bits per heavy atom. The average molecular weight is 386 g/mol. The molecule has 0 radical (unpaired) electrons. The second-order valence-electron chi connectivity index (χ2n) is 4.46. The third-order valence-electron chi connectivity index (χ3n) is 3.02. The maximum absolute atomic E-state index is 12.3. The number of thioether (sulfide) groups is 1. The molecule has 0 spiro atoms. The SMILES string of the molecule is COC(=O)[C@@H](C)N1C(=O)S/C(=C/c2ccc(O)c(Br)c2)C1=O. The summed E-state index contributed by atoms with van der Waals surface area (Å²) in [5, 5.41) is 8.93. The maximum Gasteiger partial charge on any atom is 0.328 e. The zero-order chi connectivity index (χ0) is 16.4. The summed E-state index contributed by atoms with van der Waals surface area (Å²) in [5.74, 6) is -1.13. The van der Waals surface area contributed by atoms with Crippen LogP contribution >= 0.6 is 27.7 Å². The van der Waals surface area contributed by atoms with E-state index in [0.717, 1.165) is 16.7 Å². The van der Waals surface area contributed by atoms with Gasteiger partial charge in [0.25, 0.3) is 11.1 Å². The van der Waals surface area contributed by atoms with Crippen molar-refractivity contribution in [2.45, 2.75) is 13.0 Å². The van der Waals surface area contributed by atoms with Crippen LogP contribution in [0.1, 0.15) is 12.5 Å². The standard InChI is InChI=1S/C14H12BrNO5S/c1-7(13(19)21-2)16-12(18)11(22-14(16)20)6-8-3-4-10(17)9(15)5-8/h3-7,17H,1-2H3/b11-6+/t7-/m1/s1. The van der Waals surface area contributed by atoms with E-state index in [-0.39, 0.29) is 10.7 Å². The molecule has 2 rings (SSSR count). The number of amides is 2. The van der Waals surface area contributed by atoms with Crippen LogP contribution in [0.2, 0.25) is 0 Å². The van der Waals surface area contributed by atoms with Crippen LogP contribution in [0.15, 0.2) is 27.6 Å². The molecular weight excluding hydrogens is 374 g/mol. The number of carbonyl (C=O) groups excluding carboxylic acids is 3. The van der Waals surface area contributed by atoms with Gasteiger partial charge in [-0.25, -0.2) is 4.79 Å². The van der Waals surface area contributed by atoms with Crippen molar-refractivity contribution in [1.29, 1.82) is 0 Å². The Hall–Kier alpha value is -1.80. The molecule has 2 amide bonds. The second kappa shape index (κ2) is 6.53. The molecule has 1 N–H and O–H groups in total. The molecule has 1 saturated heterocycles. The van der Waals surface area contributed by atoms with Gasteiger partial charge in [0.1, 0.15) is 11.8 Å². The van der Waals surface area contributed by atoms with Gasteiger partial charge in [0.05, 0.1) is 16.5 Å². The zero-order valence-electron chi connectivity index (χ0n) is 11.7. The molecule has 1 heterocycles. The number of phenols is 1. The number of hydrogen-bond donors (Lipinski definition) is 1. The number of methoxy groups -OCH3 is 1. The highest BCUT2D eigenvalue weighted by Gasteiger charge is 2.41. The molecule has 1 aliphatic rings. The van der Waals surface area contributed by atoms with E-state index in [2.05, 4.69) is 20.7 Å². The fourth-order valence-corrected chi connectivity index (χ4v) is 3.16. The number of esters is 1. The number of imide groups is 1. The van der Waals surface area contributed by atoms with Crippen molar-refractivity contribution in [3.05, 3.63) is 33.1 Å². The Morgan fingerprint density at radius 3 is 2.73 bits per heavy atom. The second-order valence-corrected chi connectivity index (χ2v) is 6.31. The summed E-state index contributed by atoms with van der Waals surface area (Å²) >= 11 is 3.93. The van der Waals surface area contributed by atoms with E-state index >= 15 is 0 Å². The lowest BCUT2D eigenvalue weighted by Gasteiger charge is -2.18. The van der Waals surface area contributed by atoms with Crippen molar-refractivity contribution in [2.75, 3.05) is 7.11 Å². The molecule has 0 saturated carbocycles. The third kappa shape index (κ3) is 3.17. The smallest absolute Gasteiger partial charge is 0.328 e. The number of carbonyl (C=O) groups is 3. The van der Waals surface area contributed by atoms with Gasteiger partial charge in [-0.15, -0.1) is 0 Å². The molecule has 22 heavy (non-hydrogen) atoms. The summed E-state index contributed by atoms with van der Waals surface area (Å²) < 4.78 is 5.03. The molecule has 0 aliphatic carbocycles. The minimum absolute atomic E-state index is 0.0737. The molecule has 0 bridgehead atoms. The predicted molar refractivity (Wildman–Crippen MR) is 85.1 cm³/mol. The molecule has 6 nitrogen and oxygen atoms in total. The van der Waals surface area contributed by atoms with E-state index in [1.54, 1.807) is 12.1 Å². The van der Waals surface area contributed by atoms with Crippen molar-refractivity contribution >= 4 is 50.9 Å². The Morgan fingerprint density at radius 1 is 1.45 bits per heavy atom. The number of aromatic hydroxyl groups is 1. The van der Waals surface area contributed by atoms with Crippen LogP contribution in [-0.4, -0.2) is 40.3 Å². The van der Waals surface area contributed by atoms with Gasteiger partial charge in [0.15, 0.2) is 0 Å². The topological polar surface area (TPSA) is 83.9 Å². The number of benzene rings is 1. The number of halogens is 1. The van der Waals surface area contributed by atoms with Gasteiger partial charge in [0.2, 0.25) is 0 Å². The highest BCUT2D eigenvalue weighted by molar-refractivity contribution is 9.10. The quantitative estimate of drug-likeness (QED) is 0.635. The van der Waals surface area contributed by atoms with Gasteiger partial charge in [0, 0.05) is 0 Å². The molecule has 116 valence electrons. The Labute approximate surface area is 139 Å². The van der Waals surface area contributed by atoms with Gasteiger partial charge in [-0.1, -0.05) is 6.07 Å². The number of rotatable bonds is 3. The molecular formula is C14H12BrNO5S. The van der Waals surface area contributed by atoms with Gasteiger partial charge in [-0.05, 0) is 58.4 Å². The molecule has 1 atom stereocenters. The lowest BCUT2D eigenvalue weighted by molar-refractivity contribution is -0.148. The minimum Gasteiger partial charge on any atom is -0.507 e. The molecule has 8 heteroatoms. The first-order valence-electron chi connectivity index (χ1n) is 6.18. The van der Waals surface area contributed by atoms with Crippen molar-refractivity contribution in [2.24, 2.45) is 0 Å². The average Bonchev–Trinajstić information content (AvgIpc) is 2.75. The van der Waals surface area contributed by atoms with Crippen molar-refractivity contribution in [1.82, 2.24) is 4.90 Å². The summed E-state index contributed by atoms with van der Waals surface area (Å²) in [4.78, 5) is 36.8. The van der Waals surface area contributed by atoms with Crippen molar-refractivity contribution < 1.29 is 24.2 Å². The van der Waals surface area contributed by atoms with Crippen LogP contribution in [0.4, 0.5) is 4.79 Å². The molecule has 1 aromatic rings. The summed E-state index contributed by atoms with van der Waals surface area (Å²) in [6, 6.07) is 3.72. The van der Waals surface area contributed by atoms with Gasteiger partial charge in [-0.3, -0.25) is 14.5 Å². The third-order valence-corrected chi connectivity index (χ3v) is 4.54. The number of nitrogens with zero attached hydrogens (tertiary/aromatic N) is 1. The van der Waals surface area contributed by atoms with Crippen LogP contribution in [-0.2, 0) is 14.3 Å². The van der Waals surface area contributed by atoms with E-state index in [0.29, 0.717) is 10.0 Å². The normalized spacial score (nSPS) is 18.0. The van der Waals surface area contributed by atoms with E-state index in [4.69, 9.17) is 0 Å². The van der Waals surface area contributed by atoms with Crippen molar-refractivity contribution in [3.63, 3.8) is 0 Å². The van der Waals surface area contributed by atoms with E-state index in [9.17, 15) is 19.5 Å². The van der Waals surface area contributed by atoms with E-state index in [1.165, 1.54) is 26.2 Å². The highest BCUT2D eigenvalue weighted by atomic mass is 79.9. The summed E-state index contributed by atoms with van der Waals surface area (Å²) in [7, 11) is 1.20. The molecule has 1 fully saturated rings. The Kier molecular flexibility index (Phi) is 4.92. The first kappa shape index (κ1) is 16.6. The van der Waals surface area contributed by atoms with E-state index in [1.807, 2.05) is 0 Å². The van der Waals surface area contributed by atoms with E-state index < -0.39 is 23.2 Å². The monoisotopic (exact) mass is 385 g/mol. The molecule has 0 aromatic heterocycles. The maximum atomic E-state index is 12.3. The van der Waals surface area contributed by atoms with Crippen molar-refractivity contribution in [3.8, 4) is 5.75 Å². The van der Waals surface area contributed by atoms with Gasteiger partial charge in [-0.2, -0.15) is 0 Å². The largest absolute Gasteiger partial charge is 0.507 e. The van der Waals surface area contributed by atoms with Crippen LogP contribution in [0.3, 0.4) is 0 Å². The molecule has 1 aliphatic heterocycles. The van der Waals surface area contributed by atoms with Gasteiger partial charge >= 0.3 is 5.97 Å². The lowest BCUT2D eigenvalue weighted by atomic mass is 10.2. The molecule has 1 aromatic carbocycles. The number of ether oxygens (including phenoxy) is 1. The first-order chi connectivity index (χ1) is 10.3. The number of hydrogen-bond acceptors (Lipinski definition) is 6. The Bertz CT molecular complexity index is 688. The number of phenolic OH excluding ortho intramolecular Hbond substituents is 1. The summed E-state index contributed by atoms with van der Waals surface area (Å²) in [5.41, 5.74) is 0.640.